The van der Waals surface area contributed by atoms with Crippen LogP contribution in [-0.2, 0) is 27.2 Å². The number of nitrogens with one attached hydrogen (secondary N) is 4. The van der Waals surface area contributed by atoms with E-state index in [-0.39, 0.29) is 35.4 Å². The lowest BCUT2D eigenvalue weighted by atomic mass is 10.1. The number of carbonyl (C=O) groups excluding carboxylic acids is 4. The number of rotatable bonds is 23. The van der Waals surface area contributed by atoms with Crippen molar-refractivity contribution in [3.8, 4) is 34.3 Å². The average molecular weight is 1050 g/mol. The summed E-state index contributed by atoms with van der Waals surface area (Å²) in [5.74, 6) is 0.104. The molecule has 7 rings (SSSR count). The summed E-state index contributed by atoms with van der Waals surface area (Å²) in [6.45, 7) is 4.39. The Bertz CT molecular complexity index is 2930. The summed E-state index contributed by atoms with van der Waals surface area (Å²) in [6.07, 6.45) is 5.56. The molecule has 1 aliphatic carbocycles. The summed E-state index contributed by atoms with van der Waals surface area (Å²) in [6, 6.07) is 18.6. The number of tetrazole rings is 2. The molecule has 6 aromatic rings. The Hall–Kier alpha value is -8.12. The van der Waals surface area contributed by atoms with E-state index in [0.29, 0.717) is 89.7 Å². The van der Waals surface area contributed by atoms with Crippen LogP contribution in [0.1, 0.15) is 70.4 Å². The third kappa shape index (κ3) is 17.5. The molecule has 1 saturated carbocycles. The molecule has 2 heterocycles. The van der Waals surface area contributed by atoms with Gasteiger partial charge in [-0.25, -0.2) is 27.7 Å². The third-order valence-corrected chi connectivity index (χ3v) is 12.0. The molecule has 22 nitrogen and oxygen atoms in total. The Morgan fingerprint density at radius 3 is 1.51 bits per heavy atom. The van der Waals surface area contributed by atoms with Gasteiger partial charge in [-0.3, -0.25) is 9.59 Å². The van der Waals surface area contributed by atoms with Crippen molar-refractivity contribution in [3.63, 3.8) is 0 Å². The molecule has 24 heteroatoms. The number of nitrogens with zero attached hydrogens (tertiary/aromatic N) is 12. The smallest absolute Gasteiger partial charge is 0.319 e. The number of aromatic hydroxyl groups is 1. The van der Waals surface area contributed by atoms with Gasteiger partial charge in [0, 0.05) is 102 Å². The van der Waals surface area contributed by atoms with Crippen LogP contribution < -0.4 is 26.0 Å². The van der Waals surface area contributed by atoms with Gasteiger partial charge in [0.25, 0.3) is 11.8 Å². The lowest BCUT2D eigenvalue weighted by molar-refractivity contribution is 0.0820. The number of anilines is 2. The SMILES string of the molecule is CN(CCCCNC(=O)Nc1cc(C(=O)N(C)C)cc(-c2nnnn2C)c1)Cc1ccc(F)c(O)c1.CN(CCCCNC(=O)Nc1cc(C(=O)N(C)C)cc(-c2nnnn2C)c1)Cc1ccc(F)c(OCC2CC2)c1. The monoisotopic (exact) mass is 1050 g/mol. The molecule has 0 spiro atoms. The molecule has 1 fully saturated rings. The molecule has 0 saturated heterocycles. The zero-order valence-corrected chi connectivity index (χ0v) is 44.3. The number of hydrogen-bond donors (Lipinski definition) is 5. The lowest BCUT2D eigenvalue weighted by Gasteiger charge is -2.18. The minimum atomic E-state index is -0.636. The van der Waals surface area contributed by atoms with E-state index in [1.807, 2.05) is 14.1 Å². The number of hydrogen-bond acceptors (Lipinski definition) is 14. The molecule has 0 unspecified atom stereocenters. The summed E-state index contributed by atoms with van der Waals surface area (Å²) in [4.78, 5) is 57.3. The molecule has 6 amide bonds. The van der Waals surface area contributed by atoms with E-state index in [1.54, 1.807) is 96.9 Å². The first-order valence-electron chi connectivity index (χ1n) is 24.9. The predicted molar refractivity (Wildman–Crippen MR) is 282 cm³/mol. The number of halogens is 2. The Morgan fingerprint density at radius 1 is 0.632 bits per heavy atom. The number of unbranched alkanes of at least 4 members (excludes halogenated alkanes) is 2. The van der Waals surface area contributed by atoms with Gasteiger partial charge in [0.1, 0.15) is 0 Å². The number of phenols is 1. The number of urea groups is 2. The normalized spacial score (nSPS) is 11.9. The minimum Gasteiger partial charge on any atom is -0.505 e. The quantitative estimate of drug-likeness (QED) is 0.0463. The van der Waals surface area contributed by atoms with Crippen molar-refractivity contribution >= 4 is 35.3 Å². The molecule has 0 atom stereocenters. The van der Waals surface area contributed by atoms with Crippen molar-refractivity contribution in [2.24, 2.45) is 20.0 Å². The van der Waals surface area contributed by atoms with Gasteiger partial charge in [0.05, 0.1) is 6.61 Å². The van der Waals surface area contributed by atoms with E-state index >= 15 is 0 Å². The topological polar surface area (TPSA) is 246 Å². The summed E-state index contributed by atoms with van der Waals surface area (Å²) in [5.41, 5.74) is 4.74. The number of amides is 6. The molecule has 1 aliphatic rings. The van der Waals surface area contributed by atoms with E-state index in [2.05, 4.69) is 62.1 Å². The van der Waals surface area contributed by atoms with Crippen LogP contribution in [0, 0.1) is 17.6 Å². The molecule has 0 radical (unpaired) electrons. The number of aromatic nitrogens is 8. The van der Waals surface area contributed by atoms with Crippen molar-refractivity contribution in [3.05, 3.63) is 107 Å². The van der Waals surface area contributed by atoms with Gasteiger partial charge >= 0.3 is 12.1 Å². The molecule has 2 aromatic heterocycles. The number of ether oxygens (including phenoxy) is 1. The van der Waals surface area contributed by atoms with E-state index in [0.717, 1.165) is 62.7 Å². The highest BCUT2D eigenvalue weighted by Gasteiger charge is 2.23. The molecule has 5 N–H and O–H groups in total. The summed E-state index contributed by atoms with van der Waals surface area (Å²) >= 11 is 0. The van der Waals surface area contributed by atoms with Crippen molar-refractivity contribution < 1.29 is 37.8 Å². The van der Waals surface area contributed by atoms with Crippen molar-refractivity contribution in [1.82, 2.24) is 70.6 Å². The number of carbonyl (C=O) groups is 4. The van der Waals surface area contributed by atoms with Gasteiger partial charge in [-0.2, -0.15) is 0 Å². The van der Waals surface area contributed by atoms with Crippen LogP contribution in [0.15, 0.2) is 72.8 Å². The highest BCUT2D eigenvalue weighted by atomic mass is 19.1. The van der Waals surface area contributed by atoms with Gasteiger partial charge in [0.2, 0.25) is 0 Å². The standard InChI is InChI=1S/C28H37FN8O3.C24H31FN8O3/c1-35(2)27(38)22-14-21(26-32-33-34-37(26)4)15-23(16-22)31-28(39)30-11-5-6-12-36(3)17-20-9-10-24(29)25(13-20)40-18-19-7-8-19;1-31(2)23(35)18-12-17(22-28-29-30-33(22)4)13-19(14-18)27-24(36)26-9-5-6-10-32(3)15-16-7-8-20(25)21(34)11-16/h9-10,13-16,19H,5-8,11-12,17-18H2,1-4H3,(H2,30,31,39);7-8,11-14,34H,5-6,9-10,15H2,1-4H3,(H2,26,27,36). The Morgan fingerprint density at radius 2 is 1.09 bits per heavy atom. The summed E-state index contributed by atoms with van der Waals surface area (Å²) in [5, 5.41) is 43.7. The maximum absolute atomic E-state index is 14.1. The first-order valence-corrected chi connectivity index (χ1v) is 24.9. The van der Waals surface area contributed by atoms with Crippen LogP contribution in [0.3, 0.4) is 0 Å². The number of phenolic OH excluding ortho intramolecular Hbond substituents is 1. The minimum absolute atomic E-state index is 0.202. The predicted octanol–water partition coefficient (Wildman–Crippen LogP) is 6.00. The Balaban J connectivity index is 0.000000248. The van der Waals surface area contributed by atoms with Crippen molar-refractivity contribution in [2.75, 3.05) is 85.7 Å². The van der Waals surface area contributed by atoms with Crippen LogP contribution in [-0.4, -0.2) is 164 Å². The van der Waals surface area contributed by atoms with Crippen molar-refractivity contribution in [2.45, 2.75) is 51.6 Å². The Kier molecular flexibility index (Phi) is 20.6. The van der Waals surface area contributed by atoms with Gasteiger partial charge in [0.15, 0.2) is 34.8 Å². The van der Waals surface area contributed by atoms with Gasteiger partial charge in [-0.15, -0.1) is 10.2 Å². The van der Waals surface area contributed by atoms with Gasteiger partial charge in [-0.05, 0) is 164 Å². The Labute approximate surface area is 440 Å². The third-order valence-electron chi connectivity index (χ3n) is 12.0. The summed E-state index contributed by atoms with van der Waals surface area (Å²) in [7, 11) is 14.0. The maximum Gasteiger partial charge on any atom is 0.319 e. The molecular weight excluding hydrogens is 983 g/mol. The second kappa shape index (κ2) is 27.4. The molecule has 0 aliphatic heterocycles. The molecule has 0 bridgehead atoms. The number of benzene rings is 4. The van der Waals surface area contributed by atoms with Gasteiger partial charge < -0.3 is 50.7 Å². The fourth-order valence-electron chi connectivity index (χ4n) is 7.82. The largest absolute Gasteiger partial charge is 0.505 e. The van der Waals surface area contributed by atoms with Crippen molar-refractivity contribution in [1.29, 1.82) is 0 Å². The van der Waals surface area contributed by atoms with Crippen LogP contribution >= 0.6 is 0 Å². The molecule has 406 valence electrons. The number of aryl methyl sites for hydroxylation is 2. The highest BCUT2D eigenvalue weighted by molar-refractivity contribution is 5.99. The van der Waals surface area contributed by atoms with Gasteiger partial charge in [-0.1, -0.05) is 12.1 Å². The van der Waals surface area contributed by atoms with E-state index in [1.165, 1.54) is 37.4 Å². The van der Waals surface area contributed by atoms with E-state index in [4.69, 9.17) is 4.74 Å². The van der Waals surface area contributed by atoms with Crippen LogP contribution in [0.25, 0.3) is 22.8 Å². The zero-order valence-electron chi connectivity index (χ0n) is 44.3. The average Bonchev–Trinajstić information content (AvgIpc) is 3.95. The lowest BCUT2D eigenvalue weighted by Crippen LogP contribution is -2.30. The fourth-order valence-corrected chi connectivity index (χ4v) is 7.82. The maximum atomic E-state index is 14.1. The molecule has 76 heavy (non-hydrogen) atoms. The molecular formula is C52H68F2N16O6. The first-order chi connectivity index (χ1) is 36.3. The highest BCUT2D eigenvalue weighted by Crippen LogP contribution is 2.31. The summed E-state index contributed by atoms with van der Waals surface area (Å²) < 4.78 is 35.9. The van der Waals surface area contributed by atoms with Crippen LogP contribution in [0.4, 0.5) is 29.7 Å². The van der Waals surface area contributed by atoms with E-state index < -0.39 is 5.82 Å². The molecule has 4 aromatic carbocycles. The second-order valence-electron chi connectivity index (χ2n) is 19.2. The second-order valence-corrected chi connectivity index (χ2v) is 19.2. The first kappa shape index (κ1) is 57.2. The zero-order chi connectivity index (χ0) is 54.9. The van der Waals surface area contributed by atoms with Crippen LogP contribution in [0.5, 0.6) is 11.5 Å². The fraction of sp³-hybridized carbons (Fsp3) is 0.423. The van der Waals surface area contributed by atoms with Crippen LogP contribution in [0.2, 0.25) is 0 Å². The van der Waals surface area contributed by atoms with E-state index in [9.17, 15) is 33.1 Å².